The van der Waals surface area contributed by atoms with Crippen molar-refractivity contribution in [1.82, 2.24) is 15.1 Å². The van der Waals surface area contributed by atoms with Gasteiger partial charge in [-0.2, -0.15) is 0 Å². The number of amides is 2. The van der Waals surface area contributed by atoms with E-state index in [0.29, 0.717) is 5.92 Å². The fourth-order valence-electron chi connectivity index (χ4n) is 3.22. The van der Waals surface area contributed by atoms with Crippen LogP contribution in [-0.2, 0) is 0 Å². The minimum atomic E-state index is 0.152. The summed E-state index contributed by atoms with van der Waals surface area (Å²) in [6.45, 7) is 7.37. The SMILES string of the molecule is CC1CCCN(C(=O)NCCC2CCN(C)CC2)C1. The van der Waals surface area contributed by atoms with Crippen molar-refractivity contribution < 1.29 is 4.79 Å². The van der Waals surface area contributed by atoms with E-state index in [4.69, 9.17) is 0 Å². The molecule has 4 heteroatoms. The molecule has 0 bridgehead atoms. The number of nitrogens with zero attached hydrogens (tertiary/aromatic N) is 2. The number of hydrogen-bond acceptors (Lipinski definition) is 2. The average molecular weight is 267 g/mol. The van der Waals surface area contributed by atoms with Crippen molar-refractivity contribution in [3.05, 3.63) is 0 Å². The maximum atomic E-state index is 12.0. The largest absolute Gasteiger partial charge is 0.338 e. The van der Waals surface area contributed by atoms with E-state index >= 15 is 0 Å². The van der Waals surface area contributed by atoms with Gasteiger partial charge in [0.25, 0.3) is 0 Å². The van der Waals surface area contributed by atoms with E-state index in [-0.39, 0.29) is 6.03 Å². The number of urea groups is 1. The summed E-state index contributed by atoms with van der Waals surface area (Å²) in [6, 6.07) is 0.152. The van der Waals surface area contributed by atoms with Crippen LogP contribution in [0.3, 0.4) is 0 Å². The fraction of sp³-hybridized carbons (Fsp3) is 0.933. The third kappa shape index (κ3) is 4.68. The van der Waals surface area contributed by atoms with Crippen LogP contribution in [0.1, 0.15) is 39.0 Å². The lowest BCUT2D eigenvalue weighted by atomic mass is 9.94. The maximum absolute atomic E-state index is 12.0. The van der Waals surface area contributed by atoms with Gasteiger partial charge in [-0.1, -0.05) is 6.92 Å². The smallest absolute Gasteiger partial charge is 0.317 e. The number of hydrogen-bond donors (Lipinski definition) is 1. The van der Waals surface area contributed by atoms with Crippen molar-refractivity contribution in [3.8, 4) is 0 Å². The van der Waals surface area contributed by atoms with E-state index in [1.807, 2.05) is 4.90 Å². The molecule has 2 aliphatic heterocycles. The molecule has 2 fully saturated rings. The van der Waals surface area contributed by atoms with Gasteiger partial charge in [0.15, 0.2) is 0 Å². The Morgan fingerprint density at radius 3 is 2.63 bits per heavy atom. The first-order valence-electron chi connectivity index (χ1n) is 7.86. The monoisotopic (exact) mass is 267 g/mol. The summed E-state index contributed by atoms with van der Waals surface area (Å²) in [5.41, 5.74) is 0. The molecule has 0 aromatic heterocycles. The highest BCUT2D eigenvalue weighted by molar-refractivity contribution is 5.74. The Hall–Kier alpha value is -0.770. The van der Waals surface area contributed by atoms with E-state index in [1.165, 1.54) is 32.4 Å². The van der Waals surface area contributed by atoms with Crippen molar-refractivity contribution in [2.75, 3.05) is 39.8 Å². The lowest BCUT2D eigenvalue weighted by Crippen LogP contribution is -2.45. The zero-order valence-corrected chi connectivity index (χ0v) is 12.5. The van der Waals surface area contributed by atoms with Crippen LogP contribution in [0.2, 0.25) is 0 Å². The van der Waals surface area contributed by atoms with Crippen LogP contribution in [0.5, 0.6) is 0 Å². The number of carbonyl (C=O) groups is 1. The van der Waals surface area contributed by atoms with Crippen LogP contribution in [0.4, 0.5) is 4.79 Å². The first kappa shape index (κ1) is 14.6. The molecule has 0 aliphatic carbocycles. The van der Waals surface area contributed by atoms with Crippen LogP contribution >= 0.6 is 0 Å². The second kappa shape index (κ2) is 7.13. The fourth-order valence-corrected chi connectivity index (χ4v) is 3.22. The van der Waals surface area contributed by atoms with Crippen molar-refractivity contribution in [2.45, 2.75) is 39.0 Å². The molecular formula is C15H29N3O. The number of piperidine rings is 2. The summed E-state index contributed by atoms with van der Waals surface area (Å²) in [5.74, 6) is 1.46. The summed E-state index contributed by atoms with van der Waals surface area (Å²) in [4.78, 5) is 16.4. The molecule has 0 radical (unpaired) electrons. The molecule has 110 valence electrons. The Labute approximate surface area is 117 Å². The topological polar surface area (TPSA) is 35.6 Å². The molecule has 2 saturated heterocycles. The van der Waals surface area contributed by atoms with Crippen LogP contribution in [-0.4, -0.2) is 55.6 Å². The lowest BCUT2D eigenvalue weighted by Gasteiger charge is -2.32. The molecular weight excluding hydrogens is 238 g/mol. The van der Waals surface area contributed by atoms with E-state index in [0.717, 1.165) is 38.4 Å². The maximum Gasteiger partial charge on any atom is 0.317 e. The second-order valence-corrected chi connectivity index (χ2v) is 6.46. The van der Waals surface area contributed by atoms with Gasteiger partial charge < -0.3 is 15.1 Å². The number of likely N-dealkylation sites (tertiary alicyclic amines) is 2. The molecule has 0 saturated carbocycles. The highest BCUT2D eigenvalue weighted by Crippen LogP contribution is 2.19. The summed E-state index contributed by atoms with van der Waals surface area (Å²) >= 11 is 0. The molecule has 0 aromatic carbocycles. The highest BCUT2D eigenvalue weighted by Gasteiger charge is 2.21. The normalized spacial score (nSPS) is 26.4. The molecule has 0 spiro atoms. The first-order chi connectivity index (χ1) is 9.15. The number of carbonyl (C=O) groups excluding carboxylic acids is 1. The summed E-state index contributed by atoms with van der Waals surface area (Å²) in [7, 11) is 2.19. The molecule has 1 N–H and O–H groups in total. The molecule has 2 heterocycles. The van der Waals surface area contributed by atoms with Crippen molar-refractivity contribution in [3.63, 3.8) is 0 Å². The Bertz CT molecular complexity index is 287. The highest BCUT2D eigenvalue weighted by atomic mass is 16.2. The first-order valence-corrected chi connectivity index (χ1v) is 7.86. The molecule has 4 nitrogen and oxygen atoms in total. The van der Waals surface area contributed by atoms with Gasteiger partial charge in [-0.15, -0.1) is 0 Å². The van der Waals surface area contributed by atoms with Crippen molar-refractivity contribution >= 4 is 6.03 Å². The lowest BCUT2D eigenvalue weighted by molar-refractivity contribution is 0.167. The summed E-state index contributed by atoms with van der Waals surface area (Å²) in [5, 5.41) is 3.10. The molecule has 2 aliphatic rings. The minimum Gasteiger partial charge on any atom is -0.338 e. The number of nitrogens with one attached hydrogen (secondary N) is 1. The molecule has 19 heavy (non-hydrogen) atoms. The van der Waals surface area contributed by atoms with E-state index in [9.17, 15) is 4.79 Å². The van der Waals surface area contributed by atoms with Crippen molar-refractivity contribution in [2.24, 2.45) is 11.8 Å². The van der Waals surface area contributed by atoms with Gasteiger partial charge in [0.1, 0.15) is 0 Å². The zero-order chi connectivity index (χ0) is 13.7. The number of rotatable bonds is 3. The third-order valence-electron chi connectivity index (χ3n) is 4.61. The van der Waals surface area contributed by atoms with Crippen molar-refractivity contribution in [1.29, 1.82) is 0 Å². The molecule has 1 atom stereocenters. The average Bonchev–Trinajstić information content (AvgIpc) is 2.41. The molecule has 0 aromatic rings. The zero-order valence-electron chi connectivity index (χ0n) is 12.5. The van der Waals surface area contributed by atoms with Gasteiger partial charge in [0.05, 0.1) is 0 Å². The Balaban J connectivity index is 1.61. The minimum absolute atomic E-state index is 0.152. The third-order valence-corrected chi connectivity index (χ3v) is 4.61. The Morgan fingerprint density at radius 1 is 1.21 bits per heavy atom. The summed E-state index contributed by atoms with van der Waals surface area (Å²) in [6.07, 6.45) is 6.13. The predicted molar refractivity (Wildman–Crippen MR) is 78.2 cm³/mol. The quantitative estimate of drug-likeness (QED) is 0.850. The van der Waals surface area contributed by atoms with E-state index in [2.05, 4.69) is 24.2 Å². The van der Waals surface area contributed by atoms with Crippen LogP contribution < -0.4 is 5.32 Å². The van der Waals surface area contributed by atoms with Gasteiger partial charge in [-0.25, -0.2) is 4.79 Å². The molecule has 2 amide bonds. The van der Waals surface area contributed by atoms with E-state index < -0.39 is 0 Å². The van der Waals surface area contributed by atoms with Crippen LogP contribution in [0, 0.1) is 11.8 Å². The van der Waals surface area contributed by atoms with Gasteiger partial charge >= 0.3 is 6.03 Å². The van der Waals surface area contributed by atoms with Gasteiger partial charge in [0, 0.05) is 19.6 Å². The van der Waals surface area contributed by atoms with Gasteiger partial charge in [0.2, 0.25) is 0 Å². The Kier molecular flexibility index (Phi) is 5.49. The van der Waals surface area contributed by atoms with Gasteiger partial charge in [-0.05, 0) is 64.1 Å². The van der Waals surface area contributed by atoms with Crippen LogP contribution in [0.25, 0.3) is 0 Å². The van der Waals surface area contributed by atoms with E-state index in [1.54, 1.807) is 0 Å². The second-order valence-electron chi connectivity index (χ2n) is 6.46. The predicted octanol–water partition coefficient (Wildman–Crippen LogP) is 2.16. The summed E-state index contributed by atoms with van der Waals surface area (Å²) < 4.78 is 0. The molecule has 1 unspecified atom stereocenters. The molecule has 2 rings (SSSR count). The Morgan fingerprint density at radius 2 is 1.95 bits per heavy atom. The standard InChI is InChI=1S/C15H29N3O/c1-13-4-3-9-18(12-13)15(19)16-8-5-14-6-10-17(2)11-7-14/h13-14H,3-12H2,1-2H3,(H,16,19). The van der Waals surface area contributed by atoms with Gasteiger partial charge in [-0.3, -0.25) is 0 Å². The van der Waals surface area contributed by atoms with Crippen LogP contribution in [0.15, 0.2) is 0 Å².